The van der Waals surface area contributed by atoms with E-state index < -0.39 is 0 Å². The molecule has 24 heavy (non-hydrogen) atoms. The van der Waals surface area contributed by atoms with E-state index in [4.69, 9.17) is 4.74 Å². The Kier molecular flexibility index (Phi) is 16.9. The SMILES string of the molecule is COCCCSCCCCCCCCCCCCCC1CCCC1. The summed E-state index contributed by atoms with van der Waals surface area (Å²) < 4.78 is 5.07. The van der Waals surface area contributed by atoms with Gasteiger partial charge in [-0.05, 0) is 30.3 Å². The third-order valence-corrected chi connectivity index (χ3v) is 6.67. The lowest BCUT2D eigenvalue weighted by Gasteiger charge is -2.08. The zero-order valence-corrected chi connectivity index (χ0v) is 17.4. The van der Waals surface area contributed by atoms with Crippen LogP contribution in [0.3, 0.4) is 0 Å². The second-order valence-corrected chi connectivity index (χ2v) is 9.01. The van der Waals surface area contributed by atoms with E-state index in [-0.39, 0.29) is 0 Å². The Morgan fingerprint density at radius 2 is 1.17 bits per heavy atom. The van der Waals surface area contributed by atoms with Gasteiger partial charge in [-0.25, -0.2) is 0 Å². The van der Waals surface area contributed by atoms with Crippen LogP contribution in [0.1, 0.15) is 109 Å². The monoisotopic (exact) mass is 356 g/mol. The second-order valence-electron chi connectivity index (χ2n) is 7.79. The predicted molar refractivity (Wildman–Crippen MR) is 111 cm³/mol. The van der Waals surface area contributed by atoms with Crippen LogP contribution in [-0.4, -0.2) is 25.2 Å². The Morgan fingerprint density at radius 3 is 1.75 bits per heavy atom. The summed E-state index contributed by atoms with van der Waals surface area (Å²) in [5.74, 6) is 3.73. The van der Waals surface area contributed by atoms with Crippen molar-refractivity contribution in [2.45, 2.75) is 109 Å². The number of unbranched alkanes of at least 4 members (excludes halogenated alkanes) is 10. The molecule has 1 aliphatic rings. The molecule has 0 radical (unpaired) electrons. The number of rotatable bonds is 18. The first-order valence-corrected chi connectivity index (χ1v) is 12.2. The van der Waals surface area contributed by atoms with Crippen LogP contribution in [0.4, 0.5) is 0 Å². The van der Waals surface area contributed by atoms with Gasteiger partial charge in [-0.3, -0.25) is 0 Å². The Balaban J connectivity index is 1.63. The molecule has 2 heteroatoms. The minimum Gasteiger partial charge on any atom is -0.385 e. The van der Waals surface area contributed by atoms with Crippen LogP contribution in [-0.2, 0) is 4.74 Å². The molecule has 0 aromatic carbocycles. The van der Waals surface area contributed by atoms with Crippen molar-refractivity contribution in [2.24, 2.45) is 5.92 Å². The van der Waals surface area contributed by atoms with Gasteiger partial charge >= 0.3 is 0 Å². The van der Waals surface area contributed by atoms with E-state index in [9.17, 15) is 0 Å². The molecular formula is C22H44OS. The maximum absolute atomic E-state index is 5.07. The molecule has 0 aromatic heterocycles. The molecule has 0 spiro atoms. The Morgan fingerprint density at radius 1 is 0.667 bits per heavy atom. The van der Waals surface area contributed by atoms with E-state index in [1.54, 1.807) is 7.11 Å². The van der Waals surface area contributed by atoms with Crippen LogP contribution in [0, 0.1) is 5.92 Å². The zero-order chi connectivity index (χ0) is 17.1. The van der Waals surface area contributed by atoms with Crippen molar-refractivity contribution in [1.82, 2.24) is 0 Å². The smallest absolute Gasteiger partial charge is 0.0470 e. The van der Waals surface area contributed by atoms with Crippen LogP contribution >= 0.6 is 11.8 Å². The summed E-state index contributed by atoms with van der Waals surface area (Å²) in [4.78, 5) is 0. The zero-order valence-electron chi connectivity index (χ0n) is 16.5. The summed E-state index contributed by atoms with van der Waals surface area (Å²) in [5, 5.41) is 0. The van der Waals surface area contributed by atoms with Crippen molar-refractivity contribution in [1.29, 1.82) is 0 Å². The van der Waals surface area contributed by atoms with Crippen LogP contribution in [0.15, 0.2) is 0 Å². The summed E-state index contributed by atoms with van der Waals surface area (Å²) in [6.45, 7) is 0.924. The summed E-state index contributed by atoms with van der Waals surface area (Å²) in [5.41, 5.74) is 0. The number of ether oxygens (including phenoxy) is 1. The minimum atomic E-state index is 0.924. The van der Waals surface area contributed by atoms with Crippen LogP contribution < -0.4 is 0 Å². The fourth-order valence-corrected chi connectivity index (χ4v) is 4.87. The van der Waals surface area contributed by atoms with Gasteiger partial charge in [0, 0.05) is 13.7 Å². The molecule has 1 fully saturated rings. The summed E-state index contributed by atoms with van der Waals surface area (Å²) in [6.07, 6.45) is 25.0. The van der Waals surface area contributed by atoms with Crippen LogP contribution in [0.2, 0.25) is 0 Å². The van der Waals surface area contributed by atoms with Crippen molar-refractivity contribution in [3.05, 3.63) is 0 Å². The third-order valence-electron chi connectivity index (χ3n) is 5.51. The van der Waals surface area contributed by atoms with Gasteiger partial charge in [-0.2, -0.15) is 11.8 Å². The molecule has 0 saturated heterocycles. The second kappa shape index (κ2) is 18.1. The van der Waals surface area contributed by atoms with Crippen molar-refractivity contribution >= 4 is 11.8 Å². The van der Waals surface area contributed by atoms with E-state index in [0.717, 1.165) is 12.5 Å². The van der Waals surface area contributed by atoms with E-state index in [2.05, 4.69) is 11.8 Å². The van der Waals surface area contributed by atoms with Crippen molar-refractivity contribution in [3.63, 3.8) is 0 Å². The number of hydrogen-bond acceptors (Lipinski definition) is 2. The largest absolute Gasteiger partial charge is 0.385 e. The van der Waals surface area contributed by atoms with Gasteiger partial charge in [-0.1, -0.05) is 96.3 Å². The first-order valence-electron chi connectivity index (χ1n) is 11.0. The molecule has 0 bridgehead atoms. The van der Waals surface area contributed by atoms with E-state index >= 15 is 0 Å². The lowest BCUT2D eigenvalue weighted by molar-refractivity contribution is 0.200. The van der Waals surface area contributed by atoms with Crippen molar-refractivity contribution < 1.29 is 4.74 Å². The van der Waals surface area contributed by atoms with Crippen molar-refractivity contribution in [3.8, 4) is 0 Å². The molecule has 144 valence electrons. The minimum absolute atomic E-state index is 0.924. The van der Waals surface area contributed by atoms with Gasteiger partial charge in [0.05, 0.1) is 0 Å². The highest BCUT2D eigenvalue weighted by Crippen LogP contribution is 2.29. The molecular weight excluding hydrogens is 312 g/mol. The van der Waals surface area contributed by atoms with Gasteiger partial charge in [0.15, 0.2) is 0 Å². The van der Waals surface area contributed by atoms with Gasteiger partial charge in [-0.15, -0.1) is 0 Å². The average Bonchev–Trinajstić information content (AvgIpc) is 3.11. The summed E-state index contributed by atoms with van der Waals surface area (Å²) in [7, 11) is 1.79. The van der Waals surface area contributed by atoms with E-state index in [1.807, 2.05) is 0 Å². The topological polar surface area (TPSA) is 9.23 Å². The molecule has 1 aliphatic carbocycles. The number of methoxy groups -OCH3 is 1. The molecule has 1 saturated carbocycles. The molecule has 0 aromatic rings. The maximum Gasteiger partial charge on any atom is 0.0470 e. The lowest BCUT2D eigenvalue weighted by atomic mass is 9.99. The van der Waals surface area contributed by atoms with Crippen LogP contribution in [0.5, 0.6) is 0 Å². The molecule has 1 rings (SSSR count). The van der Waals surface area contributed by atoms with Gasteiger partial charge in [0.2, 0.25) is 0 Å². The number of thioether (sulfide) groups is 1. The number of hydrogen-bond donors (Lipinski definition) is 0. The maximum atomic E-state index is 5.07. The average molecular weight is 357 g/mol. The predicted octanol–water partition coefficient (Wildman–Crippen LogP) is 7.63. The molecule has 0 heterocycles. The normalized spacial score (nSPS) is 15.4. The van der Waals surface area contributed by atoms with Gasteiger partial charge in [0.25, 0.3) is 0 Å². The standard InChI is InChI=1S/C22H44OS/c1-23-19-15-21-24-20-14-10-8-6-4-2-3-5-7-9-11-16-22-17-12-13-18-22/h22H,2-21H2,1H3. The van der Waals surface area contributed by atoms with E-state index in [1.165, 1.54) is 121 Å². The third kappa shape index (κ3) is 14.6. The first-order chi connectivity index (χ1) is 11.9. The summed E-state index contributed by atoms with van der Waals surface area (Å²) >= 11 is 2.10. The highest BCUT2D eigenvalue weighted by molar-refractivity contribution is 7.99. The fourth-order valence-electron chi connectivity index (χ4n) is 3.93. The van der Waals surface area contributed by atoms with Crippen molar-refractivity contribution in [2.75, 3.05) is 25.2 Å². The fraction of sp³-hybridized carbons (Fsp3) is 1.00. The molecule has 0 N–H and O–H groups in total. The molecule has 0 aliphatic heterocycles. The quantitative estimate of drug-likeness (QED) is 0.233. The molecule has 0 unspecified atom stereocenters. The van der Waals surface area contributed by atoms with Gasteiger partial charge in [0.1, 0.15) is 0 Å². The lowest BCUT2D eigenvalue weighted by Crippen LogP contribution is -1.92. The van der Waals surface area contributed by atoms with Crippen LogP contribution in [0.25, 0.3) is 0 Å². The van der Waals surface area contributed by atoms with E-state index in [0.29, 0.717) is 0 Å². The Bertz CT molecular complexity index is 238. The Hall–Kier alpha value is 0.310. The molecule has 0 atom stereocenters. The highest BCUT2D eigenvalue weighted by atomic mass is 32.2. The van der Waals surface area contributed by atoms with Gasteiger partial charge < -0.3 is 4.74 Å². The summed E-state index contributed by atoms with van der Waals surface area (Å²) in [6, 6.07) is 0. The molecule has 1 nitrogen and oxygen atoms in total. The molecule has 0 amide bonds. The Labute approximate surface area is 157 Å². The highest BCUT2D eigenvalue weighted by Gasteiger charge is 2.13. The first kappa shape index (κ1) is 22.4.